The molecule has 1 N–H and O–H groups in total. The number of pyridine rings is 1. The van der Waals surface area contributed by atoms with Crippen molar-refractivity contribution in [2.45, 2.75) is 32.5 Å². The Bertz CT molecular complexity index is 744. The highest BCUT2D eigenvalue weighted by atomic mass is 16.2. The number of benzene rings is 1. The fourth-order valence-electron chi connectivity index (χ4n) is 3.43. The highest BCUT2D eigenvalue weighted by Crippen LogP contribution is 2.27. The number of anilines is 1. The monoisotopic (exact) mass is 338 g/mol. The molecule has 1 aromatic heterocycles. The summed E-state index contributed by atoms with van der Waals surface area (Å²) in [6, 6.07) is 12.7. The first kappa shape index (κ1) is 17.4. The molecule has 1 atom stereocenters. The van der Waals surface area contributed by atoms with Crippen molar-refractivity contribution in [3.63, 3.8) is 0 Å². The van der Waals surface area contributed by atoms with Crippen LogP contribution in [0.15, 0.2) is 42.6 Å². The maximum absolute atomic E-state index is 11.9. The Labute approximate surface area is 149 Å². The molecule has 1 amide bonds. The molecule has 25 heavy (non-hydrogen) atoms. The molecule has 5 nitrogen and oxygen atoms in total. The van der Waals surface area contributed by atoms with E-state index in [9.17, 15) is 4.79 Å². The average molecular weight is 338 g/mol. The Kier molecular flexibility index (Phi) is 5.34. The Morgan fingerprint density at radius 1 is 1.28 bits per heavy atom. The van der Waals surface area contributed by atoms with Crippen molar-refractivity contribution in [1.82, 2.24) is 15.2 Å². The summed E-state index contributed by atoms with van der Waals surface area (Å²) in [5, 5.41) is 3.68. The summed E-state index contributed by atoms with van der Waals surface area (Å²) >= 11 is 0. The van der Waals surface area contributed by atoms with Crippen molar-refractivity contribution in [3.05, 3.63) is 59.3 Å². The standard InChI is InChI=1S/C20H26N4O/c1-15(25)24-12-10-19(18-9-5-4-7-17(18)14-24)22-13-16-8-6-11-21-20(16)23(2)3/h4-9,11,19,22H,10,12-14H2,1-3H3. The van der Waals surface area contributed by atoms with Crippen molar-refractivity contribution >= 4 is 11.7 Å². The summed E-state index contributed by atoms with van der Waals surface area (Å²) in [6.07, 6.45) is 2.73. The quantitative estimate of drug-likeness (QED) is 0.931. The van der Waals surface area contributed by atoms with E-state index in [2.05, 4.69) is 34.6 Å². The molecule has 0 fully saturated rings. The number of hydrogen-bond acceptors (Lipinski definition) is 4. The first-order valence-electron chi connectivity index (χ1n) is 8.74. The number of nitrogens with one attached hydrogen (secondary N) is 1. The van der Waals surface area contributed by atoms with Crippen LogP contribution in [0.1, 0.15) is 36.1 Å². The Hall–Kier alpha value is -2.40. The van der Waals surface area contributed by atoms with Gasteiger partial charge in [-0.1, -0.05) is 30.3 Å². The van der Waals surface area contributed by atoms with Gasteiger partial charge >= 0.3 is 0 Å². The van der Waals surface area contributed by atoms with Gasteiger partial charge in [0, 0.05) is 58.5 Å². The van der Waals surface area contributed by atoms with Crippen LogP contribution in [0.25, 0.3) is 0 Å². The molecule has 1 aliphatic rings. The van der Waals surface area contributed by atoms with Gasteiger partial charge in [-0.2, -0.15) is 0 Å². The van der Waals surface area contributed by atoms with E-state index in [1.165, 1.54) is 16.7 Å². The van der Waals surface area contributed by atoms with Gasteiger partial charge in [-0.25, -0.2) is 4.98 Å². The zero-order valence-electron chi connectivity index (χ0n) is 15.2. The maximum atomic E-state index is 11.9. The lowest BCUT2D eigenvalue weighted by atomic mass is 9.99. The molecular weight excluding hydrogens is 312 g/mol. The number of nitrogens with zero attached hydrogens (tertiary/aromatic N) is 3. The molecule has 1 aromatic carbocycles. The van der Waals surface area contributed by atoms with E-state index < -0.39 is 0 Å². The third kappa shape index (κ3) is 3.99. The number of hydrogen-bond donors (Lipinski definition) is 1. The van der Waals surface area contributed by atoms with Crippen LogP contribution in [0, 0.1) is 0 Å². The van der Waals surface area contributed by atoms with Crippen molar-refractivity contribution in [2.75, 3.05) is 25.5 Å². The molecule has 0 aliphatic carbocycles. The Morgan fingerprint density at radius 3 is 2.84 bits per heavy atom. The van der Waals surface area contributed by atoms with E-state index in [-0.39, 0.29) is 11.9 Å². The second-order valence-corrected chi connectivity index (χ2v) is 6.74. The summed E-state index contributed by atoms with van der Waals surface area (Å²) < 4.78 is 0. The largest absolute Gasteiger partial charge is 0.362 e. The normalized spacial score (nSPS) is 16.9. The highest BCUT2D eigenvalue weighted by Gasteiger charge is 2.23. The topological polar surface area (TPSA) is 48.5 Å². The number of carbonyl (C=O) groups is 1. The molecule has 3 rings (SSSR count). The molecule has 0 saturated heterocycles. The number of aromatic nitrogens is 1. The first-order valence-corrected chi connectivity index (χ1v) is 8.74. The zero-order chi connectivity index (χ0) is 17.8. The van der Waals surface area contributed by atoms with Crippen LogP contribution in [0.3, 0.4) is 0 Å². The lowest BCUT2D eigenvalue weighted by molar-refractivity contribution is -0.129. The molecular formula is C20H26N4O. The van der Waals surface area contributed by atoms with Crippen LogP contribution >= 0.6 is 0 Å². The molecule has 132 valence electrons. The van der Waals surface area contributed by atoms with Gasteiger partial charge in [0.1, 0.15) is 5.82 Å². The second kappa shape index (κ2) is 7.66. The fraction of sp³-hybridized carbons (Fsp3) is 0.400. The molecule has 2 heterocycles. The minimum absolute atomic E-state index is 0.137. The molecule has 0 spiro atoms. The zero-order valence-corrected chi connectivity index (χ0v) is 15.2. The van der Waals surface area contributed by atoms with Crippen molar-refractivity contribution in [1.29, 1.82) is 0 Å². The van der Waals surface area contributed by atoms with Crippen LogP contribution in [-0.2, 0) is 17.9 Å². The van der Waals surface area contributed by atoms with Gasteiger partial charge in [-0.05, 0) is 23.6 Å². The third-order valence-electron chi connectivity index (χ3n) is 4.75. The van der Waals surface area contributed by atoms with Crippen LogP contribution in [0.2, 0.25) is 0 Å². The van der Waals surface area contributed by atoms with Gasteiger partial charge in [0.15, 0.2) is 0 Å². The first-order chi connectivity index (χ1) is 12.1. The SMILES string of the molecule is CC(=O)N1CCC(NCc2cccnc2N(C)C)c2ccccc2C1. The molecule has 1 aliphatic heterocycles. The molecule has 1 unspecified atom stereocenters. The van der Waals surface area contributed by atoms with Crippen LogP contribution < -0.4 is 10.2 Å². The van der Waals surface area contributed by atoms with Gasteiger partial charge in [-0.15, -0.1) is 0 Å². The summed E-state index contributed by atoms with van der Waals surface area (Å²) in [6.45, 7) is 3.87. The number of fused-ring (bicyclic) bond motifs is 1. The van der Waals surface area contributed by atoms with Crippen molar-refractivity contribution < 1.29 is 4.79 Å². The predicted octanol–water partition coefficient (Wildman–Crippen LogP) is 2.73. The van der Waals surface area contributed by atoms with Crippen LogP contribution in [0.4, 0.5) is 5.82 Å². The van der Waals surface area contributed by atoms with Crippen molar-refractivity contribution in [2.24, 2.45) is 0 Å². The summed E-state index contributed by atoms with van der Waals surface area (Å²) in [5.74, 6) is 1.12. The maximum Gasteiger partial charge on any atom is 0.219 e. The minimum Gasteiger partial charge on any atom is -0.362 e. The second-order valence-electron chi connectivity index (χ2n) is 6.74. The molecule has 0 saturated carbocycles. The van der Waals surface area contributed by atoms with E-state index in [1.807, 2.05) is 42.2 Å². The van der Waals surface area contributed by atoms with Gasteiger partial charge in [0.05, 0.1) is 0 Å². The third-order valence-corrected chi connectivity index (χ3v) is 4.75. The Morgan fingerprint density at radius 2 is 2.08 bits per heavy atom. The number of carbonyl (C=O) groups excluding carboxylic acids is 1. The predicted molar refractivity (Wildman–Crippen MR) is 100 cm³/mol. The lowest BCUT2D eigenvalue weighted by Crippen LogP contribution is -2.29. The van der Waals surface area contributed by atoms with Gasteiger partial charge < -0.3 is 15.1 Å². The fourth-order valence-corrected chi connectivity index (χ4v) is 3.43. The van der Waals surface area contributed by atoms with Crippen LogP contribution in [0.5, 0.6) is 0 Å². The van der Waals surface area contributed by atoms with Crippen molar-refractivity contribution in [3.8, 4) is 0 Å². The molecule has 0 radical (unpaired) electrons. The van der Waals surface area contributed by atoms with Gasteiger partial charge in [-0.3, -0.25) is 4.79 Å². The number of amides is 1. The summed E-state index contributed by atoms with van der Waals surface area (Å²) in [5.41, 5.74) is 3.70. The molecule has 0 bridgehead atoms. The Balaban J connectivity index is 1.80. The van der Waals surface area contributed by atoms with E-state index in [1.54, 1.807) is 6.92 Å². The van der Waals surface area contributed by atoms with E-state index >= 15 is 0 Å². The average Bonchev–Trinajstić information content (AvgIpc) is 2.80. The van der Waals surface area contributed by atoms with Crippen LogP contribution in [-0.4, -0.2) is 36.4 Å². The van der Waals surface area contributed by atoms with E-state index in [0.29, 0.717) is 6.54 Å². The smallest absolute Gasteiger partial charge is 0.219 e. The molecule has 2 aromatic rings. The molecule has 5 heteroatoms. The highest BCUT2D eigenvalue weighted by molar-refractivity contribution is 5.73. The van der Waals surface area contributed by atoms with E-state index in [0.717, 1.165) is 25.3 Å². The van der Waals surface area contributed by atoms with Gasteiger partial charge in [0.25, 0.3) is 0 Å². The lowest BCUT2D eigenvalue weighted by Gasteiger charge is -2.21. The van der Waals surface area contributed by atoms with Gasteiger partial charge in [0.2, 0.25) is 5.91 Å². The van der Waals surface area contributed by atoms with E-state index in [4.69, 9.17) is 0 Å². The summed E-state index contributed by atoms with van der Waals surface area (Å²) in [4.78, 5) is 20.3. The minimum atomic E-state index is 0.137. The summed E-state index contributed by atoms with van der Waals surface area (Å²) in [7, 11) is 4.02. The number of rotatable bonds is 4.